The summed E-state index contributed by atoms with van der Waals surface area (Å²) in [5, 5.41) is 13.3. The smallest absolute Gasteiger partial charge is 0.492 e. The van der Waals surface area contributed by atoms with Gasteiger partial charge in [-0.15, -0.1) is 13.2 Å². The minimum atomic E-state index is -4.78. The lowest BCUT2D eigenvalue weighted by atomic mass is 10.1. The number of hydrogen-bond donors (Lipinski definition) is 2. The van der Waals surface area contributed by atoms with E-state index in [0.717, 1.165) is 12.1 Å². The molecule has 0 aromatic heterocycles. The van der Waals surface area contributed by atoms with Gasteiger partial charge in [-0.05, 0) is 41.9 Å². The molecule has 0 aliphatic carbocycles. The van der Waals surface area contributed by atoms with Crippen molar-refractivity contribution in [2.75, 3.05) is 16.6 Å². The number of nitrogens with zero attached hydrogens (tertiary/aromatic N) is 4. The maximum Gasteiger partial charge on any atom is 0.573 e. The Bertz CT molecular complexity index is 944. The van der Waals surface area contributed by atoms with Crippen molar-refractivity contribution < 1.29 is 28.5 Å². The van der Waals surface area contributed by atoms with Crippen LogP contribution in [0.15, 0.2) is 65.1 Å². The Labute approximate surface area is 157 Å². The van der Waals surface area contributed by atoms with Gasteiger partial charge in [0, 0.05) is 6.54 Å². The van der Waals surface area contributed by atoms with Crippen LogP contribution in [0.25, 0.3) is 0 Å². The number of hydrogen-bond acceptors (Lipinski definition) is 6. The van der Waals surface area contributed by atoms with Crippen molar-refractivity contribution in [1.29, 1.82) is 0 Å². The quantitative estimate of drug-likeness (QED) is 0.828. The van der Waals surface area contributed by atoms with E-state index in [1.807, 2.05) is 6.07 Å². The van der Waals surface area contributed by atoms with Gasteiger partial charge in [0.1, 0.15) is 11.4 Å². The first-order chi connectivity index (χ1) is 12.9. The van der Waals surface area contributed by atoms with Crippen LogP contribution in [-0.2, 0) is 0 Å². The summed E-state index contributed by atoms with van der Waals surface area (Å²) in [7, 11) is 0. The van der Waals surface area contributed by atoms with E-state index in [-0.39, 0.29) is 23.7 Å². The van der Waals surface area contributed by atoms with Gasteiger partial charge in [0.15, 0.2) is 0 Å². The highest BCUT2D eigenvalue weighted by molar-refractivity contribution is 6.10. The van der Waals surface area contributed by atoms with Crippen LogP contribution in [0.5, 0.6) is 5.75 Å². The van der Waals surface area contributed by atoms with Crippen molar-refractivity contribution in [2.24, 2.45) is 10.7 Å². The molecule has 0 fully saturated rings. The molecule has 0 unspecified atom stereocenters. The van der Waals surface area contributed by atoms with E-state index >= 15 is 0 Å². The third-order valence-electron chi connectivity index (χ3n) is 3.95. The van der Waals surface area contributed by atoms with Gasteiger partial charge in [0.2, 0.25) is 5.88 Å². The molecular formula is C17H15F3N5O3. The van der Waals surface area contributed by atoms with Gasteiger partial charge in [0.25, 0.3) is 0 Å². The lowest BCUT2D eigenvalue weighted by Gasteiger charge is -2.25. The summed E-state index contributed by atoms with van der Waals surface area (Å²) >= 11 is 0. The number of aliphatic hydroxyl groups excluding tert-OH is 1. The SMILES string of the molecule is NCC1=Nc2ccccc2N2[N]N(c3ccc(OC(F)(F)F)cc3)C(O)=C12.O. The lowest BCUT2D eigenvalue weighted by molar-refractivity contribution is -0.274. The minimum absolute atomic E-state index is 0. The molecule has 0 bridgehead atoms. The van der Waals surface area contributed by atoms with Crippen LogP contribution in [0.4, 0.5) is 30.2 Å². The lowest BCUT2D eigenvalue weighted by Crippen LogP contribution is -2.38. The number of alkyl halides is 3. The molecule has 28 heavy (non-hydrogen) atoms. The van der Waals surface area contributed by atoms with Crippen LogP contribution in [0.1, 0.15) is 0 Å². The van der Waals surface area contributed by atoms with E-state index in [1.54, 1.807) is 18.2 Å². The van der Waals surface area contributed by atoms with Crippen molar-refractivity contribution in [3.8, 4) is 5.75 Å². The van der Waals surface area contributed by atoms with Gasteiger partial charge in [0.05, 0.1) is 22.8 Å². The zero-order chi connectivity index (χ0) is 19.2. The first kappa shape index (κ1) is 19.5. The zero-order valence-corrected chi connectivity index (χ0v) is 14.2. The molecule has 11 heteroatoms. The second-order valence-electron chi connectivity index (χ2n) is 5.68. The summed E-state index contributed by atoms with van der Waals surface area (Å²) in [6, 6.07) is 12.2. The number of halogens is 3. The van der Waals surface area contributed by atoms with Gasteiger partial charge in [-0.1, -0.05) is 12.1 Å². The number of fused-ring (bicyclic) bond motifs is 3. The fourth-order valence-corrected chi connectivity index (χ4v) is 2.83. The highest BCUT2D eigenvalue weighted by atomic mass is 19.4. The van der Waals surface area contributed by atoms with E-state index in [9.17, 15) is 18.3 Å². The maximum atomic E-state index is 12.3. The third-order valence-corrected chi connectivity index (χ3v) is 3.95. The van der Waals surface area contributed by atoms with E-state index in [2.05, 4.69) is 15.3 Å². The Kier molecular flexibility index (Phi) is 4.89. The summed E-state index contributed by atoms with van der Waals surface area (Å²) in [5.74, 6) is -0.594. The molecule has 8 nitrogen and oxygen atoms in total. The van der Waals surface area contributed by atoms with Gasteiger partial charge in [-0.3, -0.25) is 0 Å². The molecule has 5 N–H and O–H groups in total. The normalized spacial score (nSPS) is 15.6. The number of ether oxygens (including phenoxy) is 1. The Morgan fingerprint density at radius 1 is 1.04 bits per heavy atom. The minimum Gasteiger partial charge on any atom is -0.492 e. The second-order valence-corrected chi connectivity index (χ2v) is 5.68. The average molecular weight is 394 g/mol. The fourth-order valence-electron chi connectivity index (χ4n) is 2.83. The number of rotatable bonds is 3. The van der Waals surface area contributed by atoms with Crippen molar-refractivity contribution >= 4 is 22.8 Å². The van der Waals surface area contributed by atoms with E-state index in [0.29, 0.717) is 28.5 Å². The van der Waals surface area contributed by atoms with Crippen molar-refractivity contribution in [1.82, 2.24) is 5.53 Å². The Morgan fingerprint density at radius 2 is 1.71 bits per heavy atom. The third kappa shape index (κ3) is 3.33. The Balaban J connectivity index is 0.00000225. The van der Waals surface area contributed by atoms with E-state index in [4.69, 9.17) is 5.73 Å². The highest BCUT2D eigenvalue weighted by Gasteiger charge is 2.39. The molecule has 2 heterocycles. The topological polar surface area (TPSA) is 120 Å². The van der Waals surface area contributed by atoms with E-state index < -0.39 is 6.36 Å². The summed E-state index contributed by atoms with van der Waals surface area (Å²) in [5.41, 5.74) is 12.5. The number of nitrogens with two attached hydrogens (primary N) is 1. The molecule has 0 atom stereocenters. The monoisotopic (exact) mass is 394 g/mol. The maximum absolute atomic E-state index is 12.3. The molecule has 2 aliphatic rings. The number of aliphatic hydroxyl groups is 1. The molecule has 0 saturated carbocycles. The molecule has 1 radical (unpaired) electrons. The van der Waals surface area contributed by atoms with Gasteiger partial charge >= 0.3 is 6.36 Å². The Hall–Kier alpha value is -3.28. The predicted molar refractivity (Wildman–Crippen MR) is 96.1 cm³/mol. The van der Waals surface area contributed by atoms with Gasteiger partial charge in [-0.2, -0.15) is 0 Å². The summed E-state index contributed by atoms with van der Waals surface area (Å²) in [6.45, 7) is 0.0753. The predicted octanol–water partition coefficient (Wildman–Crippen LogP) is 2.29. The second kappa shape index (κ2) is 7.03. The van der Waals surface area contributed by atoms with Crippen molar-refractivity contribution in [3.05, 3.63) is 60.1 Å². The van der Waals surface area contributed by atoms with Crippen LogP contribution < -0.4 is 26.0 Å². The standard InChI is InChI=1S/C17H13F3N5O2.H2O/c18-17(19,20)27-11-7-5-10(6-8-11)24-16(26)15-13(9-21)22-12-3-1-2-4-14(12)25(15)23-24;/h1-8,26H,9,21H2;1H2. The Morgan fingerprint density at radius 3 is 2.36 bits per heavy atom. The molecule has 147 valence electrons. The summed E-state index contributed by atoms with van der Waals surface area (Å²) < 4.78 is 40.7. The van der Waals surface area contributed by atoms with Crippen LogP contribution in [-0.4, -0.2) is 29.2 Å². The molecule has 2 aromatic carbocycles. The van der Waals surface area contributed by atoms with Crippen molar-refractivity contribution in [2.45, 2.75) is 6.36 Å². The summed E-state index contributed by atoms with van der Waals surface area (Å²) in [6.07, 6.45) is -4.78. The number of anilines is 2. The van der Waals surface area contributed by atoms with Crippen LogP contribution in [0.3, 0.4) is 0 Å². The van der Waals surface area contributed by atoms with Crippen LogP contribution in [0.2, 0.25) is 0 Å². The van der Waals surface area contributed by atoms with Crippen LogP contribution in [0, 0.1) is 0 Å². The van der Waals surface area contributed by atoms with Gasteiger partial charge in [-0.25, -0.2) is 15.0 Å². The van der Waals surface area contributed by atoms with Crippen LogP contribution >= 0.6 is 0 Å². The zero-order valence-electron chi connectivity index (χ0n) is 14.2. The number of aliphatic imine (C=N–C) groups is 1. The molecular weight excluding hydrogens is 379 g/mol. The molecule has 0 saturated heterocycles. The molecule has 2 aromatic rings. The highest BCUT2D eigenvalue weighted by Crippen LogP contribution is 2.40. The average Bonchev–Trinajstić information content (AvgIpc) is 2.98. The fraction of sp³-hybridized carbons (Fsp3) is 0.118. The first-order valence-electron chi connectivity index (χ1n) is 7.85. The number of para-hydroxylation sites is 2. The molecule has 0 amide bonds. The largest absolute Gasteiger partial charge is 0.573 e. The van der Waals surface area contributed by atoms with E-state index in [1.165, 1.54) is 22.2 Å². The summed E-state index contributed by atoms with van der Waals surface area (Å²) in [4.78, 5) is 4.44. The first-order valence-corrected chi connectivity index (χ1v) is 7.85. The van der Waals surface area contributed by atoms with Crippen molar-refractivity contribution in [3.63, 3.8) is 0 Å². The number of benzene rings is 2. The molecule has 0 spiro atoms. The van der Waals surface area contributed by atoms with Gasteiger partial charge < -0.3 is 21.1 Å². The molecule has 4 rings (SSSR count). The molecule has 2 aliphatic heterocycles.